The largest absolute Gasteiger partial charge is 0.399 e. The van der Waals surface area contributed by atoms with Crippen LogP contribution in [0.15, 0.2) is 48.5 Å². The first-order valence-corrected chi connectivity index (χ1v) is 6.44. The number of carbonyl (C=O) groups excluding carboxylic acids is 1. The number of fused-ring (bicyclic) bond motifs is 1. The van der Waals surface area contributed by atoms with Crippen LogP contribution in [0.1, 0.15) is 22.6 Å². The van der Waals surface area contributed by atoms with E-state index in [2.05, 4.69) is 11.4 Å². The molecule has 0 saturated heterocycles. The molecule has 0 aromatic heterocycles. The Morgan fingerprint density at radius 2 is 2.05 bits per heavy atom. The van der Waals surface area contributed by atoms with Crippen molar-refractivity contribution in [2.24, 2.45) is 0 Å². The van der Waals surface area contributed by atoms with E-state index in [1.807, 2.05) is 42.5 Å². The first kappa shape index (κ1) is 11.8. The molecule has 1 atom stereocenters. The second kappa shape index (κ2) is 4.76. The van der Waals surface area contributed by atoms with Gasteiger partial charge in [-0.25, -0.2) is 0 Å². The quantitative estimate of drug-likeness (QED) is 0.823. The summed E-state index contributed by atoms with van der Waals surface area (Å²) in [4.78, 5) is 12.1. The Morgan fingerprint density at radius 3 is 2.84 bits per heavy atom. The highest BCUT2D eigenvalue weighted by atomic mass is 16.1. The maximum atomic E-state index is 12.1. The summed E-state index contributed by atoms with van der Waals surface area (Å²) in [6.45, 7) is 0.530. The Hall–Kier alpha value is -2.29. The summed E-state index contributed by atoms with van der Waals surface area (Å²) in [6, 6.07) is 15.7. The lowest BCUT2D eigenvalue weighted by atomic mass is 9.77. The molecular formula is C16H16N2O. The van der Waals surface area contributed by atoms with E-state index in [4.69, 9.17) is 5.73 Å². The van der Waals surface area contributed by atoms with Crippen LogP contribution >= 0.6 is 0 Å². The minimum Gasteiger partial charge on any atom is -0.399 e. The number of hydrogen-bond donors (Lipinski definition) is 2. The predicted molar refractivity (Wildman–Crippen MR) is 75.6 cm³/mol. The van der Waals surface area contributed by atoms with Crippen molar-refractivity contribution in [3.63, 3.8) is 0 Å². The molecule has 1 aliphatic rings. The molecule has 1 unspecified atom stereocenters. The van der Waals surface area contributed by atoms with Crippen molar-refractivity contribution in [1.82, 2.24) is 5.32 Å². The molecule has 0 radical (unpaired) electrons. The Kier molecular flexibility index (Phi) is 2.95. The molecule has 0 bridgehead atoms. The fourth-order valence-corrected chi connectivity index (χ4v) is 2.51. The van der Waals surface area contributed by atoms with Gasteiger partial charge in [-0.2, -0.15) is 0 Å². The van der Waals surface area contributed by atoms with Crippen LogP contribution in [0.4, 0.5) is 5.69 Å². The highest BCUT2D eigenvalue weighted by molar-refractivity contribution is 5.86. The summed E-state index contributed by atoms with van der Waals surface area (Å²) < 4.78 is 0. The third-order valence-corrected chi connectivity index (χ3v) is 3.59. The van der Waals surface area contributed by atoms with Gasteiger partial charge in [0.1, 0.15) is 0 Å². The van der Waals surface area contributed by atoms with Crippen molar-refractivity contribution in [1.29, 1.82) is 0 Å². The summed E-state index contributed by atoms with van der Waals surface area (Å²) in [6.07, 6.45) is 0.846. The number of amides is 1. The predicted octanol–water partition coefficient (Wildman–Crippen LogP) is 2.22. The molecule has 3 nitrogen and oxygen atoms in total. The van der Waals surface area contributed by atoms with Gasteiger partial charge in [0, 0.05) is 12.2 Å². The fourth-order valence-electron chi connectivity index (χ4n) is 2.51. The van der Waals surface area contributed by atoms with Crippen LogP contribution in [0, 0.1) is 0 Å². The SMILES string of the molecule is Nc1cccc(CNC(=O)C2Cc3ccccc32)c1. The van der Waals surface area contributed by atoms with Crippen molar-refractivity contribution in [2.45, 2.75) is 18.9 Å². The Morgan fingerprint density at radius 1 is 1.21 bits per heavy atom. The molecule has 96 valence electrons. The Balaban J connectivity index is 1.62. The minimum absolute atomic E-state index is 0.0114. The summed E-state index contributed by atoms with van der Waals surface area (Å²) in [5, 5.41) is 2.97. The zero-order chi connectivity index (χ0) is 13.2. The molecule has 19 heavy (non-hydrogen) atoms. The van der Waals surface area contributed by atoms with Gasteiger partial charge in [-0.3, -0.25) is 4.79 Å². The van der Waals surface area contributed by atoms with Crippen molar-refractivity contribution < 1.29 is 4.79 Å². The van der Waals surface area contributed by atoms with E-state index >= 15 is 0 Å². The first-order valence-electron chi connectivity index (χ1n) is 6.44. The molecular weight excluding hydrogens is 236 g/mol. The van der Waals surface area contributed by atoms with Crippen LogP contribution in [-0.4, -0.2) is 5.91 Å². The molecule has 1 amide bonds. The molecule has 3 heteroatoms. The first-order chi connectivity index (χ1) is 9.24. The van der Waals surface area contributed by atoms with Gasteiger partial charge in [0.2, 0.25) is 5.91 Å². The summed E-state index contributed by atoms with van der Waals surface area (Å²) in [5.41, 5.74) is 9.91. The third kappa shape index (κ3) is 2.32. The molecule has 0 spiro atoms. The summed E-state index contributed by atoms with van der Waals surface area (Å²) >= 11 is 0. The average Bonchev–Trinajstić information content (AvgIpc) is 2.38. The van der Waals surface area contributed by atoms with Crippen molar-refractivity contribution in [3.8, 4) is 0 Å². The zero-order valence-corrected chi connectivity index (χ0v) is 10.6. The maximum Gasteiger partial charge on any atom is 0.228 e. The van der Waals surface area contributed by atoms with Crippen molar-refractivity contribution >= 4 is 11.6 Å². The number of nitrogens with two attached hydrogens (primary N) is 1. The Labute approximate surface area is 112 Å². The van der Waals surface area contributed by atoms with Gasteiger partial charge in [-0.15, -0.1) is 0 Å². The molecule has 2 aromatic rings. The van der Waals surface area contributed by atoms with Gasteiger partial charge in [0.05, 0.1) is 5.92 Å². The van der Waals surface area contributed by atoms with Crippen molar-refractivity contribution in [3.05, 3.63) is 65.2 Å². The van der Waals surface area contributed by atoms with E-state index in [-0.39, 0.29) is 11.8 Å². The van der Waals surface area contributed by atoms with Crippen LogP contribution in [0.3, 0.4) is 0 Å². The number of hydrogen-bond acceptors (Lipinski definition) is 2. The highest BCUT2D eigenvalue weighted by Gasteiger charge is 2.31. The number of nitrogens with one attached hydrogen (secondary N) is 1. The number of anilines is 1. The maximum absolute atomic E-state index is 12.1. The molecule has 0 fully saturated rings. The number of carbonyl (C=O) groups is 1. The van der Waals surface area contributed by atoms with E-state index in [9.17, 15) is 4.79 Å². The molecule has 0 saturated carbocycles. The van der Waals surface area contributed by atoms with E-state index < -0.39 is 0 Å². The second-order valence-corrected chi connectivity index (χ2v) is 4.92. The molecule has 0 heterocycles. The van der Waals surface area contributed by atoms with Crippen LogP contribution in [0.25, 0.3) is 0 Å². The van der Waals surface area contributed by atoms with Crippen LogP contribution in [-0.2, 0) is 17.8 Å². The van der Waals surface area contributed by atoms with Gasteiger partial charge in [0.15, 0.2) is 0 Å². The topological polar surface area (TPSA) is 55.1 Å². The molecule has 3 N–H and O–H groups in total. The van der Waals surface area contributed by atoms with Gasteiger partial charge in [-0.1, -0.05) is 36.4 Å². The summed E-state index contributed by atoms with van der Waals surface area (Å²) in [5.74, 6) is 0.110. The smallest absolute Gasteiger partial charge is 0.228 e. The lowest BCUT2D eigenvalue weighted by molar-refractivity contribution is -0.123. The summed E-state index contributed by atoms with van der Waals surface area (Å²) in [7, 11) is 0. The average molecular weight is 252 g/mol. The van der Waals surface area contributed by atoms with Crippen LogP contribution < -0.4 is 11.1 Å². The van der Waals surface area contributed by atoms with Crippen LogP contribution in [0.2, 0.25) is 0 Å². The molecule has 1 aliphatic carbocycles. The normalized spacial score (nSPS) is 16.3. The zero-order valence-electron chi connectivity index (χ0n) is 10.6. The van der Waals surface area contributed by atoms with Crippen LogP contribution in [0.5, 0.6) is 0 Å². The number of nitrogen functional groups attached to an aromatic ring is 1. The van der Waals surface area contributed by atoms with E-state index in [0.717, 1.165) is 23.2 Å². The van der Waals surface area contributed by atoms with E-state index in [1.165, 1.54) is 5.56 Å². The van der Waals surface area contributed by atoms with Gasteiger partial charge >= 0.3 is 0 Å². The highest BCUT2D eigenvalue weighted by Crippen LogP contribution is 2.34. The Bertz CT molecular complexity index is 622. The lowest BCUT2D eigenvalue weighted by Crippen LogP contribution is -2.35. The van der Waals surface area contributed by atoms with E-state index in [0.29, 0.717) is 6.54 Å². The molecule has 0 aliphatic heterocycles. The number of rotatable bonds is 3. The van der Waals surface area contributed by atoms with E-state index in [1.54, 1.807) is 0 Å². The third-order valence-electron chi connectivity index (χ3n) is 3.59. The fraction of sp³-hybridized carbons (Fsp3) is 0.188. The standard InChI is InChI=1S/C16H16N2O/c17-13-6-3-4-11(8-13)10-18-16(19)15-9-12-5-1-2-7-14(12)15/h1-8,15H,9-10,17H2,(H,18,19). The van der Waals surface area contributed by atoms with Crippen molar-refractivity contribution in [2.75, 3.05) is 5.73 Å². The molecule has 3 rings (SSSR count). The van der Waals surface area contributed by atoms with Gasteiger partial charge in [-0.05, 0) is 35.2 Å². The lowest BCUT2D eigenvalue weighted by Gasteiger charge is -2.28. The van der Waals surface area contributed by atoms with Gasteiger partial charge < -0.3 is 11.1 Å². The minimum atomic E-state index is 0.0114. The monoisotopic (exact) mass is 252 g/mol. The number of benzene rings is 2. The van der Waals surface area contributed by atoms with Gasteiger partial charge in [0.25, 0.3) is 0 Å². The second-order valence-electron chi connectivity index (χ2n) is 4.92. The molecule has 2 aromatic carbocycles.